The highest BCUT2D eigenvalue weighted by Gasteiger charge is 2.15. The Morgan fingerprint density at radius 2 is 1.77 bits per heavy atom. The highest BCUT2D eigenvalue weighted by atomic mass is 35.5. The number of hydrogen-bond donors (Lipinski definition) is 1. The predicted molar refractivity (Wildman–Crippen MR) is 96.8 cm³/mol. The number of nitrogens with one attached hydrogen (secondary N) is 1. The molecule has 0 bridgehead atoms. The number of carbonyl (C=O) groups is 2. The molecule has 1 heterocycles. The first-order chi connectivity index (χ1) is 12.6. The standard InChI is InChI=1S/C19H18ClNO5/c20-14-2-4-15(5-3-14)24-9-10-25-19(23)12-26-16-6-7-17-13(11-16)1-8-18(22)21-17/h2-7,11H,1,8-10,12H2,(H,21,22). The lowest BCUT2D eigenvalue weighted by Gasteiger charge is -2.17. The molecule has 1 amide bonds. The Morgan fingerprint density at radius 3 is 2.58 bits per heavy atom. The molecule has 7 heteroatoms. The molecule has 2 aromatic carbocycles. The first-order valence-electron chi connectivity index (χ1n) is 8.20. The van der Waals surface area contributed by atoms with Crippen LogP contribution in [0.1, 0.15) is 12.0 Å². The molecule has 26 heavy (non-hydrogen) atoms. The van der Waals surface area contributed by atoms with Crippen molar-refractivity contribution in [2.75, 3.05) is 25.1 Å². The van der Waals surface area contributed by atoms with Crippen molar-refractivity contribution in [1.29, 1.82) is 0 Å². The third kappa shape index (κ3) is 5.13. The highest BCUT2D eigenvalue weighted by molar-refractivity contribution is 6.30. The zero-order valence-corrected chi connectivity index (χ0v) is 14.8. The number of anilines is 1. The van der Waals surface area contributed by atoms with E-state index < -0.39 is 5.97 Å². The van der Waals surface area contributed by atoms with Gasteiger partial charge in [-0.15, -0.1) is 0 Å². The van der Waals surface area contributed by atoms with Crippen LogP contribution in [0.4, 0.5) is 5.69 Å². The number of aryl methyl sites for hydroxylation is 1. The zero-order valence-electron chi connectivity index (χ0n) is 14.0. The van der Waals surface area contributed by atoms with E-state index in [2.05, 4.69) is 5.32 Å². The van der Waals surface area contributed by atoms with Crippen LogP contribution in [0.5, 0.6) is 11.5 Å². The van der Waals surface area contributed by atoms with Crippen molar-refractivity contribution in [3.63, 3.8) is 0 Å². The normalized spacial score (nSPS) is 12.7. The first kappa shape index (κ1) is 18.1. The van der Waals surface area contributed by atoms with Gasteiger partial charge in [0.15, 0.2) is 6.61 Å². The summed E-state index contributed by atoms with van der Waals surface area (Å²) in [5.41, 5.74) is 1.78. The lowest BCUT2D eigenvalue weighted by Crippen LogP contribution is -2.20. The third-order valence-electron chi connectivity index (χ3n) is 3.76. The summed E-state index contributed by atoms with van der Waals surface area (Å²) in [7, 11) is 0. The Balaban J connectivity index is 1.37. The van der Waals surface area contributed by atoms with Crippen LogP contribution < -0.4 is 14.8 Å². The number of carbonyl (C=O) groups excluding carboxylic acids is 2. The lowest BCUT2D eigenvalue weighted by atomic mass is 10.0. The van der Waals surface area contributed by atoms with Crippen molar-refractivity contribution in [3.8, 4) is 11.5 Å². The molecule has 2 aromatic rings. The Kier molecular flexibility index (Phi) is 5.96. The van der Waals surface area contributed by atoms with Crippen molar-refractivity contribution >= 4 is 29.2 Å². The third-order valence-corrected chi connectivity index (χ3v) is 4.01. The second-order valence-corrected chi connectivity index (χ2v) is 6.12. The molecular formula is C19H18ClNO5. The number of rotatable bonds is 7. The average Bonchev–Trinajstić information content (AvgIpc) is 2.65. The Labute approximate surface area is 156 Å². The summed E-state index contributed by atoms with van der Waals surface area (Å²) in [5, 5.41) is 3.43. The minimum Gasteiger partial charge on any atom is -0.490 e. The summed E-state index contributed by atoms with van der Waals surface area (Å²) < 4.78 is 15.9. The molecule has 0 saturated carbocycles. The van der Waals surface area contributed by atoms with E-state index in [9.17, 15) is 9.59 Å². The van der Waals surface area contributed by atoms with E-state index in [0.29, 0.717) is 29.4 Å². The van der Waals surface area contributed by atoms with Crippen LogP contribution in [0.15, 0.2) is 42.5 Å². The SMILES string of the molecule is O=C1CCc2cc(OCC(=O)OCCOc3ccc(Cl)cc3)ccc2N1. The smallest absolute Gasteiger partial charge is 0.344 e. The van der Waals surface area contributed by atoms with Gasteiger partial charge in [-0.25, -0.2) is 4.79 Å². The van der Waals surface area contributed by atoms with Gasteiger partial charge in [-0.3, -0.25) is 4.79 Å². The molecule has 0 aliphatic carbocycles. The number of benzene rings is 2. The van der Waals surface area contributed by atoms with E-state index in [4.69, 9.17) is 25.8 Å². The summed E-state index contributed by atoms with van der Waals surface area (Å²) in [6.07, 6.45) is 1.11. The number of ether oxygens (including phenoxy) is 3. The topological polar surface area (TPSA) is 73.9 Å². The van der Waals surface area contributed by atoms with E-state index >= 15 is 0 Å². The minimum absolute atomic E-state index is 0.00978. The van der Waals surface area contributed by atoms with Crippen molar-refractivity contribution < 1.29 is 23.8 Å². The van der Waals surface area contributed by atoms with Gasteiger partial charge in [-0.1, -0.05) is 11.6 Å². The van der Waals surface area contributed by atoms with Crippen molar-refractivity contribution in [1.82, 2.24) is 0 Å². The maximum absolute atomic E-state index is 11.7. The van der Waals surface area contributed by atoms with Gasteiger partial charge in [-0.2, -0.15) is 0 Å². The number of hydrogen-bond acceptors (Lipinski definition) is 5. The van der Waals surface area contributed by atoms with Crippen LogP contribution in [0.25, 0.3) is 0 Å². The average molecular weight is 376 g/mol. The quantitative estimate of drug-likeness (QED) is 0.594. The van der Waals surface area contributed by atoms with Gasteiger partial charge in [0.05, 0.1) is 0 Å². The van der Waals surface area contributed by atoms with Gasteiger partial charge < -0.3 is 19.5 Å². The predicted octanol–water partition coefficient (Wildman–Crippen LogP) is 3.23. The Hall–Kier alpha value is -2.73. The van der Waals surface area contributed by atoms with E-state index in [1.165, 1.54) is 0 Å². The molecule has 1 aliphatic rings. The summed E-state index contributed by atoms with van der Waals surface area (Å²) >= 11 is 5.79. The molecular weight excluding hydrogens is 358 g/mol. The molecule has 1 aliphatic heterocycles. The van der Waals surface area contributed by atoms with Crippen LogP contribution in [0.2, 0.25) is 5.02 Å². The van der Waals surface area contributed by atoms with Crippen LogP contribution in [0, 0.1) is 0 Å². The molecule has 0 saturated heterocycles. The summed E-state index contributed by atoms with van der Waals surface area (Å²) in [5.74, 6) is 0.753. The summed E-state index contributed by atoms with van der Waals surface area (Å²) in [4.78, 5) is 23.1. The van der Waals surface area contributed by atoms with Crippen molar-refractivity contribution in [3.05, 3.63) is 53.1 Å². The van der Waals surface area contributed by atoms with E-state index in [1.54, 1.807) is 36.4 Å². The van der Waals surface area contributed by atoms with Gasteiger partial charge in [0.25, 0.3) is 0 Å². The van der Waals surface area contributed by atoms with Crippen LogP contribution >= 0.6 is 11.6 Å². The number of fused-ring (bicyclic) bond motifs is 1. The Morgan fingerprint density at radius 1 is 1.00 bits per heavy atom. The second-order valence-electron chi connectivity index (χ2n) is 5.68. The molecule has 1 N–H and O–H groups in total. The van der Waals surface area contributed by atoms with Crippen LogP contribution in [-0.2, 0) is 20.7 Å². The maximum Gasteiger partial charge on any atom is 0.344 e. The largest absolute Gasteiger partial charge is 0.490 e. The molecule has 0 radical (unpaired) electrons. The van der Waals surface area contributed by atoms with Crippen LogP contribution in [-0.4, -0.2) is 31.7 Å². The highest BCUT2D eigenvalue weighted by Crippen LogP contribution is 2.26. The van der Waals surface area contributed by atoms with E-state index in [1.807, 2.05) is 6.07 Å². The monoisotopic (exact) mass is 375 g/mol. The summed E-state index contributed by atoms with van der Waals surface area (Å²) in [6, 6.07) is 12.2. The fourth-order valence-electron chi connectivity index (χ4n) is 2.48. The first-order valence-corrected chi connectivity index (χ1v) is 8.57. The second kappa shape index (κ2) is 8.58. The fourth-order valence-corrected chi connectivity index (χ4v) is 2.61. The van der Waals surface area contributed by atoms with Gasteiger partial charge in [0.2, 0.25) is 5.91 Å². The molecule has 0 spiro atoms. The van der Waals surface area contributed by atoms with Gasteiger partial charge >= 0.3 is 5.97 Å². The molecule has 0 unspecified atom stereocenters. The molecule has 6 nitrogen and oxygen atoms in total. The minimum atomic E-state index is -0.476. The summed E-state index contributed by atoms with van der Waals surface area (Å²) in [6.45, 7) is 0.180. The number of halogens is 1. The van der Waals surface area contributed by atoms with Crippen LogP contribution in [0.3, 0.4) is 0 Å². The van der Waals surface area contributed by atoms with Gasteiger partial charge in [0.1, 0.15) is 24.7 Å². The van der Waals surface area contributed by atoms with Gasteiger partial charge in [0, 0.05) is 17.1 Å². The number of amides is 1. The van der Waals surface area contributed by atoms with Crippen molar-refractivity contribution in [2.24, 2.45) is 0 Å². The van der Waals surface area contributed by atoms with E-state index in [-0.39, 0.29) is 25.7 Å². The lowest BCUT2D eigenvalue weighted by molar-refractivity contribution is -0.146. The zero-order chi connectivity index (χ0) is 18.4. The molecule has 136 valence electrons. The van der Waals surface area contributed by atoms with E-state index in [0.717, 1.165) is 11.3 Å². The molecule has 3 rings (SSSR count). The van der Waals surface area contributed by atoms with Gasteiger partial charge in [-0.05, 0) is 54.4 Å². The maximum atomic E-state index is 11.7. The number of esters is 1. The molecule has 0 fully saturated rings. The fraction of sp³-hybridized carbons (Fsp3) is 0.263. The van der Waals surface area contributed by atoms with Crippen molar-refractivity contribution in [2.45, 2.75) is 12.8 Å². The molecule has 0 aromatic heterocycles. The Bertz CT molecular complexity index is 791. The molecule has 0 atom stereocenters.